The van der Waals surface area contributed by atoms with Crippen LogP contribution < -0.4 is 0 Å². The van der Waals surface area contributed by atoms with Crippen LogP contribution in [0.4, 0.5) is 0 Å². The van der Waals surface area contributed by atoms with Crippen LogP contribution >= 0.6 is 0 Å². The summed E-state index contributed by atoms with van der Waals surface area (Å²) in [5.74, 6) is 0. The van der Waals surface area contributed by atoms with Crippen LogP contribution in [0.2, 0.25) is 0 Å². The molecule has 78 valence electrons. The fourth-order valence-electron chi connectivity index (χ4n) is 1.52. The van der Waals surface area contributed by atoms with Gasteiger partial charge in [0.1, 0.15) is 18.3 Å². The quantitative estimate of drug-likeness (QED) is 0.815. The molecule has 0 radical (unpaired) electrons. The predicted molar refractivity (Wildman–Crippen MR) is 56.0 cm³/mol. The van der Waals surface area contributed by atoms with E-state index in [1.807, 2.05) is 30.3 Å². The van der Waals surface area contributed by atoms with Crippen molar-refractivity contribution in [2.24, 2.45) is 0 Å². The maximum absolute atomic E-state index is 10.3. The molecular formula is C11H13N3O. The molecule has 0 bridgehead atoms. The van der Waals surface area contributed by atoms with Gasteiger partial charge < -0.3 is 5.11 Å². The van der Waals surface area contributed by atoms with E-state index in [1.165, 1.54) is 6.33 Å². The zero-order chi connectivity index (χ0) is 10.7. The summed E-state index contributed by atoms with van der Waals surface area (Å²) >= 11 is 0. The van der Waals surface area contributed by atoms with Crippen LogP contribution in [0.3, 0.4) is 0 Å². The average Bonchev–Trinajstić information content (AvgIpc) is 2.71. The molecule has 2 aromatic rings. The Morgan fingerprint density at radius 1 is 1.33 bits per heavy atom. The van der Waals surface area contributed by atoms with E-state index < -0.39 is 5.60 Å². The van der Waals surface area contributed by atoms with Gasteiger partial charge in [-0.15, -0.1) is 0 Å². The van der Waals surface area contributed by atoms with Gasteiger partial charge in [0.05, 0.1) is 6.54 Å². The molecule has 4 nitrogen and oxygen atoms in total. The second-order valence-electron chi connectivity index (χ2n) is 3.73. The Labute approximate surface area is 88.2 Å². The first-order valence-electron chi connectivity index (χ1n) is 4.79. The maximum Gasteiger partial charge on any atom is 0.137 e. The normalized spacial score (nSPS) is 14.8. The Kier molecular flexibility index (Phi) is 2.51. The Bertz CT molecular complexity index is 409. The lowest BCUT2D eigenvalue weighted by Gasteiger charge is -2.23. The third-order valence-corrected chi connectivity index (χ3v) is 2.33. The lowest BCUT2D eigenvalue weighted by molar-refractivity contribution is 0.0345. The van der Waals surface area contributed by atoms with E-state index in [0.29, 0.717) is 6.54 Å². The number of hydrogen-bond donors (Lipinski definition) is 1. The lowest BCUT2D eigenvalue weighted by atomic mass is 9.96. The van der Waals surface area contributed by atoms with Gasteiger partial charge in [-0.05, 0) is 12.5 Å². The first-order chi connectivity index (χ1) is 7.18. The molecule has 0 fully saturated rings. The van der Waals surface area contributed by atoms with Gasteiger partial charge in [0.15, 0.2) is 0 Å². The summed E-state index contributed by atoms with van der Waals surface area (Å²) in [6, 6.07) is 9.54. The van der Waals surface area contributed by atoms with Crippen molar-refractivity contribution in [1.82, 2.24) is 14.8 Å². The summed E-state index contributed by atoms with van der Waals surface area (Å²) < 4.78 is 1.62. The number of aromatic nitrogens is 3. The largest absolute Gasteiger partial charge is 0.384 e. The number of nitrogens with zero attached hydrogens (tertiary/aromatic N) is 3. The van der Waals surface area contributed by atoms with Crippen molar-refractivity contribution in [3.63, 3.8) is 0 Å². The second-order valence-corrected chi connectivity index (χ2v) is 3.73. The molecule has 2 rings (SSSR count). The first kappa shape index (κ1) is 9.86. The zero-order valence-electron chi connectivity index (χ0n) is 8.54. The van der Waals surface area contributed by atoms with Crippen LogP contribution in [-0.4, -0.2) is 19.9 Å². The minimum Gasteiger partial charge on any atom is -0.384 e. The summed E-state index contributed by atoms with van der Waals surface area (Å²) in [5, 5.41) is 14.2. The Morgan fingerprint density at radius 2 is 2.07 bits per heavy atom. The monoisotopic (exact) mass is 203 g/mol. The molecule has 1 unspecified atom stereocenters. The molecule has 4 heteroatoms. The molecule has 0 aliphatic heterocycles. The lowest BCUT2D eigenvalue weighted by Crippen LogP contribution is -2.27. The highest BCUT2D eigenvalue weighted by atomic mass is 16.3. The van der Waals surface area contributed by atoms with Crippen LogP contribution in [-0.2, 0) is 12.1 Å². The van der Waals surface area contributed by atoms with E-state index in [2.05, 4.69) is 10.1 Å². The standard InChI is InChI=1S/C11H13N3O/c1-11(15,7-14-9-12-8-13-14)10-5-3-2-4-6-10/h2-6,8-9,15H,7H2,1H3. The molecule has 0 aliphatic carbocycles. The topological polar surface area (TPSA) is 50.9 Å². The molecule has 1 aromatic heterocycles. The molecule has 0 amide bonds. The summed E-state index contributed by atoms with van der Waals surface area (Å²) in [6.07, 6.45) is 3.05. The Balaban J connectivity index is 2.20. The van der Waals surface area contributed by atoms with Crippen molar-refractivity contribution >= 4 is 0 Å². The third kappa shape index (κ3) is 2.22. The fraction of sp³-hybridized carbons (Fsp3) is 0.273. The van der Waals surface area contributed by atoms with Gasteiger partial charge in [-0.2, -0.15) is 5.10 Å². The van der Waals surface area contributed by atoms with Gasteiger partial charge in [0.25, 0.3) is 0 Å². The van der Waals surface area contributed by atoms with Gasteiger partial charge >= 0.3 is 0 Å². The van der Waals surface area contributed by atoms with Crippen LogP contribution in [0.5, 0.6) is 0 Å². The zero-order valence-corrected chi connectivity index (χ0v) is 8.54. The van der Waals surface area contributed by atoms with Gasteiger partial charge in [-0.3, -0.25) is 0 Å². The van der Waals surface area contributed by atoms with Crippen LogP contribution in [0.1, 0.15) is 12.5 Å². The van der Waals surface area contributed by atoms with Gasteiger partial charge in [-0.1, -0.05) is 30.3 Å². The highest BCUT2D eigenvalue weighted by molar-refractivity contribution is 5.21. The first-order valence-corrected chi connectivity index (χ1v) is 4.79. The van der Waals surface area contributed by atoms with Crippen molar-refractivity contribution in [2.45, 2.75) is 19.1 Å². The molecule has 1 N–H and O–H groups in total. The minimum absolute atomic E-state index is 0.400. The van der Waals surface area contributed by atoms with E-state index in [4.69, 9.17) is 0 Å². The van der Waals surface area contributed by atoms with Gasteiger partial charge in [-0.25, -0.2) is 9.67 Å². The van der Waals surface area contributed by atoms with E-state index in [1.54, 1.807) is 17.9 Å². The minimum atomic E-state index is -0.922. The average molecular weight is 203 g/mol. The molecule has 1 heterocycles. The molecule has 1 aromatic carbocycles. The van der Waals surface area contributed by atoms with Crippen molar-refractivity contribution < 1.29 is 5.11 Å². The number of benzene rings is 1. The SMILES string of the molecule is CC(O)(Cn1cncn1)c1ccccc1. The highest BCUT2D eigenvalue weighted by Gasteiger charge is 2.23. The second kappa shape index (κ2) is 3.82. The molecule has 15 heavy (non-hydrogen) atoms. The number of aliphatic hydroxyl groups is 1. The summed E-state index contributed by atoms with van der Waals surface area (Å²) in [5.41, 5.74) is -0.0462. The van der Waals surface area contributed by atoms with Crippen molar-refractivity contribution in [2.75, 3.05) is 0 Å². The van der Waals surface area contributed by atoms with Gasteiger partial charge in [0, 0.05) is 0 Å². The Hall–Kier alpha value is -1.68. The number of rotatable bonds is 3. The Morgan fingerprint density at radius 3 is 2.67 bits per heavy atom. The van der Waals surface area contributed by atoms with E-state index in [-0.39, 0.29) is 0 Å². The van der Waals surface area contributed by atoms with Crippen molar-refractivity contribution in [3.05, 3.63) is 48.5 Å². The van der Waals surface area contributed by atoms with E-state index >= 15 is 0 Å². The van der Waals surface area contributed by atoms with Crippen molar-refractivity contribution in [1.29, 1.82) is 0 Å². The van der Waals surface area contributed by atoms with Crippen molar-refractivity contribution in [3.8, 4) is 0 Å². The third-order valence-electron chi connectivity index (χ3n) is 2.33. The summed E-state index contributed by atoms with van der Waals surface area (Å²) in [4.78, 5) is 3.84. The summed E-state index contributed by atoms with van der Waals surface area (Å²) in [6.45, 7) is 2.17. The van der Waals surface area contributed by atoms with Crippen LogP contribution in [0.25, 0.3) is 0 Å². The van der Waals surface area contributed by atoms with E-state index in [0.717, 1.165) is 5.56 Å². The molecule has 0 saturated carbocycles. The van der Waals surface area contributed by atoms with Gasteiger partial charge in [0.2, 0.25) is 0 Å². The molecule has 0 aliphatic rings. The predicted octanol–water partition coefficient (Wildman–Crippen LogP) is 1.19. The fourth-order valence-corrected chi connectivity index (χ4v) is 1.52. The summed E-state index contributed by atoms with van der Waals surface area (Å²) in [7, 11) is 0. The highest BCUT2D eigenvalue weighted by Crippen LogP contribution is 2.21. The molecule has 1 atom stereocenters. The molecule has 0 spiro atoms. The maximum atomic E-state index is 10.3. The van der Waals surface area contributed by atoms with E-state index in [9.17, 15) is 5.11 Å². The molecular weight excluding hydrogens is 190 g/mol. The van der Waals surface area contributed by atoms with Crippen LogP contribution in [0.15, 0.2) is 43.0 Å². The number of hydrogen-bond acceptors (Lipinski definition) is 3. The molecule has 0 saturated heterocycles. The van der Waals surface area contributed by atoms with Crippen LogP contribution in [0, 0.1) is 0 Å². The smallest absolute Gasteiger partial charge is 0.137 e.